The molecule has 0 amide bonds. The lowest BCUT2D eigenvalue weighted by Crippen LogP contribution is -2.20. The summed E-state index contributed by atoms with van der Waals surface area (Å²) in [4.78, 5) is 23.8. The highest BCUT2D eigenvalue weighted by Crippen LogP contribution is 2.24. The molecule has 0 radical (unpaired) electrons. The van der Waals surface area contributed by atoms with Crippen LogP contribution >= 0.6 is 22.6 Å². The van der Waals surface area contributed by atoms with Crippen LogP contribution in [-0.2, 0) is 11.8 Å². The van der Waals surface area contributed by atoms with Gasteiger partial charge in [0.2, 0.25) is 0 Å². The number of esters is 1. The zero-order chi connectivity index (χ0) is 16.3. The van der Waals surface area contributed by atoms with E-state index >= 15 is 0 Å². The maximum absolute atomic E-state index is 13.9. The minimum Gasteiger partial charge on any atom is -0.462 e. The number of aryl methyl sites for hydroxylation is 1. The molecule has 7 heteroatoms. The molecule has 2 rings (SSSR count). The number of nitrogens with one attached hydrogen (secondary N) is 1. The number of nitrogens with zero attached hydrogens (tertiary/aromatic N) is 1. The van der Waals surface area contributed by atoms with Crippen molar-refractivity contribution in [3.05, 3.63) is 55.8 Å². The Bertz CT molecular complexity index is 774. The number of carbonyl (C=O) groups is 1. The Kier molecular flexibility index (Phi) is 5.17. The molecular formula is C15H14FIN2O3. The molecule has 0 fully saturated rings. The number of hydrogen-bond donors (Lipinski definition) is 1. The van der Waals surface area contributed by atoms with Gasteiger partial charge in [-0.05, 0) is 47.7 Å². The van der Waals surface area contributed by atoms with E-state index < -0.39 is 11.8 Å². The lowest BCUT2D eigenvalue weighted by Gasteiger charge is -2.13. The smallest absolute Gasteiger partial charge is 0.341 e. The zero-order valence-corrected chi connectivity index (χ0v) is 14.2. The molecule has 116 valence electrons. The standard InChI is InChI=1S/C15H14FIN2O3/c1-3-22-15(21)10-8-19(2)14(20)7-13(10)18-12-5-4-9(17)6-11(12)16/h4-8,18H,3H2,1-2H3. The average molecular weight is 416 g/mol. The van der Waals surface area contributed by atoms with Crippen LogP contribution in [0.15, 0.2) is 35.3 Å². The first-order valence-corrected chi connectivity index (χ1v) is 7.60. The summed E-state index contributed by atoms with van der Waals surface area (Å²) in [5.41, 5.74) is 0.240. The number of anilines is 2. The van der Waals surface area contributed by atoms with E-state index in [0.717, 1.165) is 3.57 Å². The van der Waals surface area contributed by atoms with E-state index in [4.69, 9.17) is 4.74 Å². The Morgan fingerprint density at radius 1 is 1.36 bits per heavy atom. The largest absolute Gasteiger partial charge is 0.462 e. The van der Waals surface area contributed by atoms with Gasteiger partial charge in [0.1, 0.15) is 5.82 Å². The number of benzene rings is 1. The fourth-order valence-corrected chi connectivity index (χ4v) is 2.29. The fraction of sp³-hybridized carbons (Fsp3) is 0.200. The molecule has 0 saturated heterocycles. The van der Waals surface area contributed by atoms with Crippen LogP contribution in [0.1, 0.15) is 17.3 Å². The van der Waals surface area contributed by atoms with Gasteiger partial charge in [-0.15, -0.1) is 0 Å². The first kappa shape index (κ1) is 16.5. The van der Waals surface area contributed by atoms with Crippen molar-refractivity contribution in [1.29, 1.82) is 0 Å². The Labute approximate surface area is 140 Å². The molecular weight excluding hydrogens is 402 g/mol. The van der Waals surface area contributed by atoms with Crippen LogP contribution in [0.4, 0.5) is 15.8 Å². The van der Waals surface area contributed by atoms with Crippen molar-refractivity contribution in [3.8, 4) is 0 Å². The van der Waals surface area contributed by atoms with E-state index in [9.17, 15) is 14.0 Å². The van der Waals surface area contributed by atoms with E-state index in [1.54, 1.807) is 19.1 Å². The molecule has 0 atom stereocenters. The summed E-state index contributed by atoms with van der Waals surface area (Å²) in [6.07, 6.45) is 1.37. The van der Waals surface area contributed by atoms with Gasteiger partial charge in [-0.1, -0.05) is 0 Å². The van der Waals surface area contributed by atoms with Gasteiger partial charge in [-0.2, -0.15) is 0 Å². The first-order chi connectivity index (χ1) is 10.4. The Morgan fingerprint density at radius 2 is 2.09 bits per heavy atom. The first-order valence-electron chi connectivity index (χ1n) is 6.52. The molecule has 1 aromatic heterocycles. The van der Waals surface area contributed by atoms with E-state index in [2.05, 4.69) is 5.32 Å². The molecule has 0 bridgehead atoms. The summed E-state index contributed by atoms with van der Waals surface area (Å²) in [5.74, 6) is -1.05. The van der Waals surface area contributed by atoms with Crippen molar-refractivity contribution in [3.63, 3.8) is 0 Å². The number of rotatable bonds is 4. The van der Waals surface area contributed by atoms with Crippen LogP contribution in [0.5, 0.6) is 0 Å². The number of pyridine rings is 1. The van der Waals surface area contributed by atoms with Crippen molar-refractivity contribution in [2.24, 2.45) is 7.05 Å². The summed E-state index contributed by atoms with van der Waals surface area (Å²) in [5, 5.41) is 2.78. The predicted octanol–water partition coefficient (Wildman–Crippen LogP) is 3.05. The second kappa shape index (κ2) is 6.91. The third-order valence-electron chi connectivity index (χ3n) is 2.92. The number of aromatic nitrogens is 1. The van der Waals surface area contributed by atoms with Crippen molar-refractivity contribution >= 4 is 39.9 Å². The molecule has 0 saturated carbocycles. The SMILES string of the molecule is CCOC(=O)c1cn(C)c(=O)cc1Nc1ccc(I)cc1F. The quantitative estimate of drug-likeness (QED) is 0.615. The fourth-order valence-electron chi connectivity index (χ4n) is 1.84. The third kappa shape index (κ3) is 3.65. The van der Waals surface area contributed by atoms with Gasteiger partial charge in [-0.3, -0.25) is 4.79 Å². The van der Waals surface area contributed by atoms with E-state index in [-0.39, 0.29) is 29.1 Å². The highest BCUT2D eigenvalue weighted by molar-refractivity contribution is 14.1. The minimum atomic E-state index is -0.577. The Morgan fingerprint density at radius 3 is 2.73 bits per heavy atom. The van der Waals surface area contributed by atoms with Gasteiger partial charge in [-0.25, -0.2) is 9.18 Å². The monoisotopic (exact) mass is 416 g/mol. The van der Waals surface area contributed by atoms with Gasteiger partial charge >= 0.3 is 5.97 Å². The molecule has 2 aromatic rings. The van der Waals surface area contributed by atoms with Crippen molar-refractivity contribution in [1.82, 2.24) is 4.57 Å². The summed E-state index contributed by atoms with van der Waals surface area (Å²) < 4.78 is 20.9. The predicted molar refractivity (Wildman–Crippen MR) is 90.0 cm³/mol. The van der Waals surface area contributed by atoms with Gasteiger partial charge in [0.15, 0.2) is 0 Å². The lowest BCUT2D eigenvalue weighted by molar-refractivity contribution is 0.0526. The van der Waals surface area contributed by atoms with Crippen LogP contribution in [0.3, 0.4) is 0 Å². The summed E-state index contributed by atoms with van der Waals surface area (Å²) in [6, 6.07) is 5.86. The summed E-state index contributed by atoms with van der Waals surface area (Å²) >= 11 is 2.00. The third-order valence-corrected chi connectivity index (χ3v) is 3.60. The summed E-state index contributed by atoms with van der Waals surface area (Å²) in [7, 11) is 1.53. The van der Waals surface area contributed by atoms with E-state index in [1.807, 2.05) is 22.6 Å². The van der Waals surface area contributed by atoms with Crippen LogP contribution in [0, 0.1) is 9.39 Å². The second-order valence-electron chi connectivity index (χ2n) is 4.52. The molecule has 0 aliphatic carbocycles. The Balaban J connectivity index is 2.47. The molecule has 1 heterocycles. The minimum absolute atomic E-state index is 0.168. The van der Waals surface area contributed by atoms with E-state index in [0.29, 0.717) is 0 Å². The summed E-state index contributed by atoms with van der Waals surface area (Å²) in [6.45, 7) is 1.89. The van der Waals surface area contributed by atoms with Gasteiger partial charge in [0.05, 0.1) is 23.5 Å². The molecule has 22 heavy (non-hydrogen) atoms. The van der Waals surface area contributed by atoms with E-state index in [1.165, 1.54) is 29.9 Å². The zero-order valence-electron chi connectivity index (χ0n) is 12.0. The van der Waals surface area contributed by atoms with Crippen LogP contribution in [0.25, 0.3) is 0 Å². The molecule has 0 unspecified atom stereocenters. The van der Waals surface area contributed by atoms with Crippen molar-refractivity contribution in [2.75, 3.05) is 11.9 Å². The molecule has 1 N–H and O–H groups in total. The maximum Gasteiger partial charge on any atom is 0.341 e. The normalized spacial score (nSPS) is 10.4. The second-order valence-corrected chi connectivity index (χ2v) is 5.77. The van der Waals surface area contributed by atoms with Gasteiger partial charge in [0, 0.05) is 22.9 Å². The lowest BCUT2D eigenvalue weighted by atomic mass is 10.2. The Hall–Kier alpha value is -1.90. The molecule has 0 aliphatic heterocycles. The highest BCUT2D eigenvalue weighted by Gasteiger charge is 2.16. The number of ether oxygens (including phenoxy) is 1. The van der Waals surface area contributed by atoms with Crippen molar-refractivity contribution in [2.45, 2.75) is 6.92 Å². The maximum atomic E-state index is 13.9. The van der Waals surface area contributed by atoms with Gasteiger partial charge in [0.25, 0.3) is 5.56 Å². The molecule has 0 spiro atoms. The average Bonchev–Trinajstić information content (AvgIpc) is 2.45. The van der Waals surface area contributed by atoms with Crippen LogP contribution in [-0.4, -0.2) is 17.1 Å². The number of halogens is 2. The topological polar surface area (TPSA) is 60.3 Å². The van der Waals surface area contributed by atoms with Crippen LogP contribution < -0.4 is 10.9 Å². The molecule has 5 nitrogen and oxygen atoms in total. The highest BCUT2D eigenvalue weighted by atomic mass is 127. The number of hydrogen-bond acceptors (Lipinski definition) is 4. The van der Waals surface area contributed by atoms with Gasteiger partial charge < -0.3 is 14.6 Å². The number of carbonyl (C=O) groups excluding carboxylic acids is 1. The molecule has 0 aliphatic rings. The molecule has 1 aromatic carbocycles. The van der Waals surface area contributed by atoms with Crippen molar-refractivity contribution < 1.29 is 13.9 Å². The van der Waals surface area contributed by atoms with Crippen LogP contribution in [0.2, 0.25) is 0 Å².